The zero-order valence-corrected chi connectivity index (χ0v) is 51.9. The van der Waals surface area contributed by atoms with Gasteiger partial charge in [-0.3, -0.25) is 47.9 Å². The molecule has 0 aliphatic rings. The number of aliphatic hydroxyl groups is 4. The van der Waals surface area contributed by atoms with E-state index in [-0.39, 0.29) is 69.8 Å². The number of aliphatic hydroxyl groups excluding tert-OH is 4. The van der Waals surface area contributed by atoms with Crippen LogP contribution in [0.5, 0.6) is 0 Å². The number of hydrogen-bond donors (Lipinski definition) is 6. The van der Waals surface area contributed by atoms with Crippen LogP contribution in [0.4, 0.5) is 0 Å². The molecule has 10 amide bonds. The zero-order valence-electron chi connectivity index (χ0n) is 51.9. The van der Waals surface area contributed by atoms with Gasteiger partial charge >= 0.3 is 0 Å². The van der Waals surface area contributed by atoms with Crippen LogP contribution in [0.3, 0.4) is 0 Å². The maximum absolute atomic E-state index is 14.5. The van der Waals surface area contributed by atoms with Gasteiger partial charge in [-0.15, -0.1) is 0 Å². The van der Waals surface area contributed by atoms with Crippen molar-refractivity contribution in [2.45, 2.75) is 210 Å². The van der Waals surface area contributed by atoms with Gasteiger partial charge in [0, 0.05) is 62.4 Å². The summed E-state index contributed by atoms with van der Waals surface area (Å²) in [6, 6.07) is -2.37. The molecule has 0 bridgehead atoms. The van der Waals surface area contributed by atoms with Crippen LogP contribution in [0, 0.1) is 0 Å². The predicted octanol–water partition coefficient (Wildman–Crippen LogP) is -0.167. The molecule has 0 rings (SSSR count). The summed E-state index contributed by atoms with van der Waals surface area (Å²) in [7, 11) is 0. The van der Waals surface area contributed by atoms with Crippen LogP contribution in [-0.2, 0) is 47.9 Å². The summed E-state index contributed by atoms with van der Waals surface area (Å²) in [5.74, 6) is -6.53. The lowest BCUT2D eigenvalue weighted by molar-refractivity contribution is -0.152. The number of carbonyl (C=O) groups is 10. The van der Waals surface area contributed by atoms with Crippen LogP contribution in [0.2, 0.25) is 0 Å². The highest BCUT2D eigenvalue weighted by Gasteiger charge is 2.35. The molecule has 0 radical (unpaired) electrons. The van der Waals surface area contributed by atoms with E-state index in [1.807, 2.05) is 27.7 Å². The molecule has 25 nitrogen and oxygen atoms in total. The maximum Gasteiger partial charge on any atom is 0.242 e. The summed E-state index contributed by atoms with van der Waals surface area (Å²) >= 11 is 0. The molecule has 0 aromatic carbocycles. The quantitative estimate of drug-likeness (QED) is 0.0464. The Morgan fingerprint density at radius 2 is 0.531 bits per heavy atom. The van der Waals surface area contributed by atoms with Crippen molar-refractivity contribution in [3.05, 3.63) is 0 Å². The fraction of sp³-hybridized carbons (Fsp3) is 0.821. The topological polar surface area (TPSA) is 319 Å². The van der Waals surface area contributed by atoms with Gasteiger partial charge in [0.2, 0.25) is 59.1 Å². The van der Waals surface area contributed by atoms with Crippen molar-refractivity contribution < 1.29 is 68.4 Å². The predicted molar refractivity (Wildman–Crippen MR) is 307 cm³/mol. The molecular formula is C56H105N11O14. The first-order valence-corrected chi connectivity index (χ1v) is 29.1. The minimum atomic E-state index is -1.17. The smallest absolute Gasteiger partial charge is 0.242 e. The van der Waals surface area contributed by atoms with Gasteiger partial charge in [0.15, 0.2) is 0 Å². The van der Waals surface area contributed by atoms with Gasteiger partial charge in [-0.05, 0) is 108 Å². The Balaban J connectivity index is 6.88. The third-order valence-corrected chi connectivity index (χ3v) is 14.6. The number of nitrogens with zero attached hydrogens (tertiary/aromatic N) is 9. The maximum atomic E-state index is 14.5. The first-order valence-electron chi connectivity index (χ1n) is 29.1. The highest BCUT2D eigenvalue weighted by molar-refractivity contribution is 5.94. The summed E-state index contributed by atoms with van der Waals surface area (Å²) in [6.07, 6.45) is -1.60. The summed E-state index contributed by atoms with van der Waals surface area (Å²) < 4.78 is 0. The fourth-order valence-corrected chi connectivity index (χ4v) is 8.52. The van der Waals surface area contributed by atoms with Gasteiger partial charge in [0.1, 0.15) is 26.2 Å². The Hall–Kier alpha value is -5.50. The van der Waals surface area contributed by atoms with Gasteiger partial charge in [-0.1, -0.05) is 41.5 Å². The van der Waals surface area contributed by atoms with Crippen LogP contribution in [0.25, 0.3) is 0 Å². The number of amides is 10. The minimum Gasteiger partial charge on any atom is -0.392 e. The largest absolute Gasteiger partial charge is 0.392 e. The fourth-order valence-electron chi connectivity index (χ4n) is 8.52. The van der Waals surface area contributed by atoms with Crippen LogP contribution in [-0.4, -0.2) is 276 Å². The van der Waals surface area contributed by atoms with E-state index in [2.05, 4.69) is 5.32 Å². The molecule has 468 valence electrons. The average Bonchev–Trinajstić information content (AvgIpc) is 3.39. The summed E-state index contributed by atoms with van der Waals surface area (Å²) in [5, 5.41) is 45.2. The van der Waals surface area contributed by atoms with Gasteiger partial charge in [-0.25, -0.2) is 0 Å². The zero-order chi connectivity index (χ0) is 62.6. The molecule has 0 fully saturated rings. The molecule has 7 N–H and O–H groups in total. The molecule has 10 atom stereocenters. The van der Waals surface area contributed by atoms with Crippen molar-refractivity contribution in [1.82, 2.24) is 49.4 Å². The van der Waals surface area contributed by atoms with E-state index in [4.69, 9.17) is 5.73 Å². The van der Waals surface area contributed by atoms with Crippen molar-refractivity contribution in [3.63, 3.8) is 0 Å². The highest BCUT2D eigenvalue weighted by atomic mass is 16.3. The Bertz CT molecular complexity index is 2010. The van der Waals surface area contributed by atoms with Crippen LogP contribution in [0.1, 0.15) is 149 Å². The lowest BCUT2D eigenvalue weighted by Gasteiger charge is -2.36. The van der Waals surface area contributed by atoms with Crippen molar-refractivity contribution in [2.75, 3.05) is 91.6 Å². The van der Waals surface area contributed by atoms with Gasteiger partial charge in [0.25, 0.3) is 0 Å². The number of rotatable bonds is 40. The SMILES string of the molecule is CC[C@@H](C)NCC(=O)N(CC(=O)N(CC(=O)N(CC(=O)N(CC(=O)N(CC(=O)N(CC(=O)N(CC(=O)N(CC(=O)N(CC(N)=O)[C@@H](C)CC)[C@H](C)CC)C[C@@H](C)O)C[C@H](C)O)[C@@H](C)CC)[C@H](C)CC)C[C@@H](C)O)C[C@H](C)O)[C@@H](C)CC. The number of primary amides is 1. The van der Waals surface area contributed by atoms with Crippen molar-refractivity contribution >= 4 is 59.1 Å². The van der Waals surface area contributed by atoms with Crippen molar-refractivity contribution in [3.8, 4) is 0 Å². The van der Waals surface area contributed by atoms with E-state index >= 15 is 0 Å². The second-order valence-electron chi connectivity index (χ2n) is 22.0. The molecule has 0 aliphatic carbocycles. The lowest BCUT2D eigenvalue weighted by Crippen LogP contribution is -2.56. The Morgan fingerprint density at radius 3 is 0.765 bits per heavy atom. The Morgan fingerprint density at radius 1 is 0.321 bits per heavy atom. The van der Waals surface area contributed by atoms with E-state index < -0.39 is 142 Å². The average molecular weight is 1160 g/mol. The summed E-state index contributed by atoms with van der Waals surface area (Å²) in [4.78, 5) is 149. The number of nitrogens with two attached hydrogens (primary N) is 1. The van der Waals surface area contributed by atoms with E-state index in [1.165, 1.54) is 52.2 Å². The molecule has 0 aromatic heterocycles. The first-order chi connectivity index (χ1) is 37.7. The second-order valence-corrected chi connectivity index (χ2v) is 22.0. The van der Waals surface area contributed by atoms with Crippen LogP contribution >= 0.6 is 0 Å². The summed E-state index contributed by atoms with van der Waals surface area (Å²) in [5.41, 5.74) is 5.44. The second kappa shape index (κ2) is 38.3. The minimum absolute atomic E-state index is 0.0168. The molecule has 0 spiro atoms. The molecular weight excluding hydrogens is 1050 g/mol. The monoisotopic (exact) mass is 1160 g/mol. The molecule has 0 saturated heterocycles. The number of hydrogen-bond acceptors (Lipinski definition) is 15. The van der Waals surface area contributed by atoms with Gasteiger partial charge < -0.3 is 75.6 Å². The standard InChI is InChI=1S/C56H105N11O14/c1-17-37(7)58-23-48(73)64(39(9)19-3)33-51(76)59(24-43(13)68)29-49(74)62(27-46(16)71)32-54(79)67(42(12)22-6)36-56(81)65(40(10)20-4)34-52(77)60(25-44(14)69)30-50(75)61(26-45(15)70)31-53(78)66(41(11)21-5)35-55(80)63(28-47(57)72)38(8)18-2/h37-46,58,68-71H,17-36H2,1-16H3,(H2,57,72)/t37-,38+,39+,40+,41-,42-,43+,44+,45-,46-/m1/s1. The van der Waals surface area contributed by atoms with Gasteiger partial charge in [-0.2, -0.15) is 0 Å². The van der Waals surface area contributed by atoms with E-state index in [0.29, 0.717) is 32.1 Å². The molecule has 0 unspecified atom stereocenters. The first kappa shape index (κ1) is 75.5. The highest BCUT2D eigenvalue weighted by Crippen LogP contribution is 2.15. The van der Waals surface area contributed by atoms with E-state index in [0.717, 1.165) is 26.0 Å². The number of nitrogens with one attached hydrogen (secondary N) is 1. The van der Waals surface area contributed by atoms with Gasteiger partial charge in [0.05, 0.1) is 63.7 Å². The van der Waals surface area contributed by atoms with E-state index in [1.54, 1.807) is 55.4 Å². The molecule has 0 saturated carbocycles. The lowest BCUT2D eigenvalue weighted by atomic mass is 10.1. The van der Waals surface area contributed by atoms with Crippen LogP contribution in [0.15, 0.2) is 0 Å². The molecule has 0 heterocycles. The molecule has 81 heavy (non-hydrogen) atoms. The molecule has 25 heteroatoms. The normalized spacial score (nSPS) is 15.0. The van der Waals surface area contributed by atoms with Crippen molar-refractivity contribution in [2.24, 2.45) is 5.73 Å². The summed E-state index contributed by atoms with van der Waals surface area (Å²) in [6.45, 7) is 21.0. The Kier molecular flexibility index (Phi) is 35.7. The Labute approximate surface area is 482 Å². The molecule has 0 aromatic rings. The third-order valence-electron chi connectivity index (χ3n) is 14.6. The number of carbonyl (C=O) groups excluding carboxylic acids is 10. The van der Waals surface area contributed by atoms with Crippen LogP contribution < -0.4 is 11.1 Å². The van der Waals surface area contributed by atoms with Crippen molar-refractivity contribution in [1.29, 1.82) is 0 Å². The third kappa shape index (κ3) is 27.4. The van der Waals surface area contributed by atoms with E-state index in [9.17, 15) is 68.4 Å². The molecule has 0 aliphatic heterocycles.